The second-order valence-corrected chi connectivity index (χ2v) is 4.33. The topological polar surface area (TPSA) is 78.1 Å². The van der Waals surface area contributed by atoms with E-state index in [0.29, 0.717) is 27.6 Å². The van der Waals surface area contributed by atoms with Gasteiger partial charge in [0.25, 0.3) is 5.91 Å². The molecule has 6 heteroatoms. The third-order valence-electron chi connectivity index (χ3n) is 2.65. The molecular weight excluding hydrogens is 266 g/mol. The summed E-state index contributed by atoms with van der Waals surface area (Å²) in [7, 11) is 1.52. The Bertz CT molecular complexity index is 644. The van der Waals surface area contributed by atoms with Gasteiger partial charge >= 0.3 is 0 Å². The van der Waals surface area contributed by atoms with Gasteiger partial charge in [0.2, 0.25) is 0 Å². The first-order valence-corrected chi connectivity index (χ1v) is 5.87. The van der Waals surface area contributed by atoms with E-state index in [4.69, 9.17) is 22.1 Å². The van der Waals surface area contributed by atoms with Crippen molar-refractivity contribution in [1.29, 1.82) is 0 Å². The molecule has 19 heavy (non-hydrogen) atoms. The maximum atomic E-state index is 11.5. The second kappa shape index (κ2) is 5.24. The molecule has 98 valence electrons. The number of rotatable bonds is 3. The SMILES string of the molecule is COc1cnc(Cl)cc1-c1cc(C)ncc1C(N)=O. The Morgan fingerprint density at radius 2 is 2.00 bits per heavy atom. The van der Waals surface area contributed by atoms with Gasteiger partial charge in [0, 0.05) is 23.0 Å². The van der Waals surface area contributed by atoms with E-state index in [0.717, 1.165) is 5.69 Å². The van der Waals surface area contributed by atoms with Crippen LogP contribution in [0.2, 0.25) is 5.15 Å². The molecule has 5 nitrogen and oxygen atoms in total. The zero-order valence-corrected chi connectivity index (χ0v) is 11.2. The first-order chi connectivity index (χ1) is 9.02. The summed E-state index contributed by atoms with van der Waals surface area (Å²) in [5.74, 6) is -0.0463. The van der Waals surface area contributed by atoms with Gasteiger partial charge in [-0.3, -0.25) is 9.78 Å². The van der Waals surface area contributed by atoms with Crippen molar-refractivity contribution in [3.8, 4) is 16.9 Å². The molecule has 0 radical (unpaired) electrons. The Morgan fingerprint density at radius 1 is 1.26 bits per heavy atom. The number of halogens is 1. The molecule has 2 rings (SSSR count). The maximum Gasteiger partial charge on any atom is 0.250 e. The van der Waals surface area contributed by atoms with E-state index in [-0.39, 0.29) is 0 Å². The smallest absolute Gasteiger partial charge is 0.250 e. The van der Waals surface area contributed by atoms with Crippen molar-refractivity contribution < 1.29 is 9.53 Å². The van der Waals surface area contributed by atoms with Crippen molar-refractivity contribution >= 4 is 17.5 Å². The number of methoxy groups -OCH3 is 1. The number of ether oxygens (including phenoxy) is 1. The number of hydrogen-bond acceptors (Lipinski definition) is 4. The van der Waals surface area contributed by atoms with E-state index in [1.807, 2.05) is 6.92 Å². The highest BCUT2D eigenvalue weighted by Gasteiger charge is 2.15. The fourth-order valence-electron chi connectivity index (χ4n) is 1.77. The van der Waals surface area contributed by atoms with Crippen molar-refractivity contribution in [3.05, 3.63) is 40.9 Å². The number of nitrogens with zero attached hydrogens (tertiary/aromatic N) is 2. The quantitative estimate of drug-likeness (QED) is 0.873. The highest BCUT2D eigenvalue weighted by molar-refractivity contribution is 6.29. The lowest BCUT2D eigenvalue weighted by atomic mass is 10.0. The first-order valence-electron chi connectivity index (χ1n) is 5.49. The summed E-state index contributed by atoms with van der Waals surface area (Å²) in [5.41, 5.74) is 7.71. The standard InChI is InChI=1S/C13H12ClN3O2/c1-7-3-8(10(5-16-7)13(15)18)9-4-12(14)17-6-11(9)19-2/h3-6H,1-2H3,(H2,15,18). The van der Waals surface area contributed by atoms with Crippen LogP contribution in [0, 0.1) is 6.92 Å². The van der Waals surface area contributed by atoms with Gasteiger partial charge in [-0.25, -0.2) is 4.98 Å². The summed E-state index contributed by atoms with van der Waals surface area (Å²) in [5, 5.41) is 0.306. The number of primary amides is 1. The summed E-state index contributed by atoms with van der Waals surface area (Å²) in [6, 6.07) is 3.38. The Labute approximate surface area is 115 Å². The van der Waals surface area contributed by atoms with Crippen LogP contribution in [-0.4, -0.2) is 23.0 Å². The Hall–Kier alpha value is -2.14. The Morgan fingerprint density at radius 3 is 2.63 bits per heavy atom. The lowest BCUT2D eigenvalue weighted by Crippen LogP contribution is -2.13. The van der Waals surface area contributed by atoms with E-state index in [9.17, 15) is 4.79 Å². The van der Waals surface area contributed by atoms with Crippen LogP contribution in [0.1, 0.15) is 16.1 Å². The summed E-state index contributed by atoms with van der Waals surface area (Å²) < 4.78 is 5.24. The van der Waals surface area contributed by atoms with Crippen LogP contribution in [0.25, 0.3) is 11.1 Å². The average Bonchev–Trinajstić information content (AvgIpc) is 2.38. The number of carbonyl (C=O) groups excluding carboxylic acids is 1. The third kappa shape index (κ3) is 2.66. The van der Waals surface area contributed by atoms with Crippen LogP contribution in [0.4, 0.5) is 0 Å². The molecule has 0 unspecified atom stereocenters. The van der Waals surface area contributed by atoms with Crippen molar-refractivity contribution in [1.82, 2.24) is 9.97 Å². The van der Waals surface area contributed by atoms with Gasteiger partial charge in [0.15, 0.2) is 0 Å². The van der Waals surface area contributed by atoms with Crippen molar-refractivity contribution in [2.75, 3.05) is 7.11 Å². The van der Waals surface area contributed by atoms with Crippen LogP contribution in [-0.2, 0) is 0 Å². The molecule has 2 aromatic rings. The molecule has 0 aliphatic carbocycles. The molecule has 2 N–H and O–H groups in total. The molecule has 0 fully saturated rings. The van der Waals surface area contributed by atoms with E-state index in [2.05, 4.69) is 9.97 Å². The summed E-state index contributed by atoms with van der Waals surface area (Å²) in [4.78, 5) is 19.5. The molecule has 0 saturated carbocycles. The predicted molar refractivity (Wildman–Crippen MR) is 72.3 cm³/mol. The normalized spacial score (nSPS) is 10.3. The molecule has 0 bridgehead atoms. The van der Waals surface area contributed by atoms with Gasteiger partial charge in [-0.15, -0.1) is 0 Å². The number of amides is 1. The lowest BCUT2D eigenvalue weighted by Gasteiger charge is -2.11. The van der Waals surface area contributed by atoms with Gasteiger partial charge < -0.3 is 10.5 Å². The van der Waals surface area contributed by atoms with Gasteiger partial charge in [-0.2, -0.15) is 0 Å². The minimum absolute atomic E-state index is 0.306. The monoisotopic (exact) mass is 277 g/mol. The fourth-order valence-corrected chi connectivity index (χ4v) is 1.93. The fraction of sp³-hybridized carbons (Fsp3) is 0.154. The number of hydrogen-bond donors (Lipinski definition) is 1. The predicted octanol–water partition coefficient (Wildman–Crippen LogP) is 2.21. The first kappa shape index (κ1) is 13.3. The van der Waals surface area contributed by atoms with Crippen LogP contribution < -0.4 is 10.5 Å². The molecule has 1 amide bonds. The zero-order chi connectivity index (χ0) is 14.0. The van der Waals surface area contributed by atoms with E-state index < -0.39 is 5.91 Å². The largest absolute Gasteiger partial charge is 0.494 e. The van der Waals surface area contributed by atoms with Crippen LogP contribution in [0.3, 0.4) is 0 Å². The third-order valence-corrected chi connectivity index (χ3v) is 2.86. The molecule has 0 spiro atoms. The molecule has 0 aliphatic rings. The lowest BCUT2D eigenvalue weighted by molar-refractivity contribution is 0.100. The molecular formula is C13H12ClN3O2. The number of aromatic nitrogens is 2. The molecule has 2 heterocycles. The summed E-state index contributed by atoms with van der Waals surface area (Å²) >= 11 is 5.90. The van der Waals surface area contributed by atoms with Gasteiger partial charge in [-0.05, 0) is 19.1 Å². The Kier molecular flexibility index (Phi) is 3.66. The number of carbonyl (C=O) groups is 1. The molecule has 0 atom stereocenters. The number of aryl methyl sites for hydroxylation is 1. The van der Waals surface area contributed by atoms with E-state index in [1.165, 1.54) is 19.5 Å². The molecule has 2 aromatic heterocycles. The Balaban J connectivity index is 2.73. The van der Waals surface area contributed by atoms with E-state index in [1.54, 1.807) is 12.1 Å². The molecule has 0 saturated heterocycles. The summed E-state index contributed by atoms with van der Waals surface area (Å²) in [6.07, 6.45) is 2.94. The number of nitrogens with two attached hydrogens (primary N) is 1. The van der Waals surface area contributed by atoms with Crippen LogP contribution >= 0.6 is 11.6 Å². The minimum Gasteiger partial charge on any atom is -0.494 e. The maximum absolute atomic E-state index is 11.5. The highest BCUT2D eigenvalue weighted by Crippen LogP contribution is 2.33. The second-order valence-electron chi connectivity index (χ2n) is 3.94. The van der Waals surface area contributed by atoms with Crippen molar-refractivity contribution in [3.63, 3.8) is 0 Å². The van der Waals surface area contributed by atoms with Gasteiger partial charge in [0.05, 0.1) is 18.9 Å². The molecule has 0 aromatic carbocycles. The van der Waals surface area contributed by atoms with Gasteiger partial charge in [0.1, 0.15) is 10.9 Å². The van der Waals surface area contributed by atoms with Gasteiger partial charge in [-0.1, -0.05) is 11.6 Å². The van der Waals surface area contributed by atoms with Crippen LogP contribution in [0.15, 0.2) is 24.5 Å². The summed E-state index contributed by atoms with van der Waals surface area (Å²) in [6.45, 7) is 1.82. The van der Waals surface area contributed by atoms with E-state index >= 15 is 0 Å². The van der Waals surface area contributed by atoms with Crippen molar-refractivity contribution in [2.45, 2.75) is 6.92 Å². The highest BCUT2D eigenvalue weighted by atomic mass is 35.5. The molecule has 0 aliphatic heterocycles. The van der Waals surface area contributed by atoms with Crippen LogP contribution in [0.5, 0.6) is 5.75 Å². The average molecular weight is 278 g/mol. The zero-order valence-electron chi connectivity index (χ0n) is 10.5. The minimum atomic E-state index is -0.558. The van der Waals surface area contributed by atoms with Crippen molar-refractivity contribution in [2.24, 2.45) is 5.73 Å². The number of pyridine rings is 2.